The highest BCUT2D eigenvalue weighted by molar-refractivity contribution is 5.71. The first-order valence-electron chi connectivity index (χ1n) is 8.16. The Morgan fingerprint density at radius 1 is 1.24 bits per heavy atom. The SMILES string of the molecule is CCC1CC(CC(C)(O)CC(=O)OC(C)(C)C)C(CC)O1. The third kappa shape index (κ3) is 6.35. The molecule has 0 radical (unpaired) electrons. The quantitative estimate of drug-likeness (QED) is 0.763. The lowest BCUT2D eigenvalue weighted by Crippen LogP contribution is -2.35. The minimum Gasteiger partial charge on any atom is -0.460 e. The molecule has 1 aliphatic heterocycles. The topological polar surface area (TPSA) is 55.8 Å². The van der Waals surface area contributed by atoms with Gasteiger partial charge in [0.15, 0.2) is 0 Å². The van der Waals surface area contributed by atoms with Gasteiger partial charge in [0.25, 0.3) is 0 Å². The van der Waals surface area contributed by atoms with Crippen molar-refractivity contribution in [2.24, 2.45) is 5.92 Å². The Bertz CT molecular complexity index is 343. The van der Waals surface area contributed by atoms with Crippen molar-refractivity contribution < 1.29 is 19.4 Å². The van der Waals surface area contributed by atoms with Gasteiger partial charge in [-0.25, -0.2) is 0 Å². The first kappa shape index (κ1) is 18.4. The molecule has 1 N–H and O–H groups in total. The third-order valence-corrected chi connectivity index (χ3v) is 3.96. The molecule has 0 amide bonds. The average Bonchev–Trinajstić information content (AvgIpc) is 2.66. The average molecular weight is 300 g/mol. The Balaban J connectivity index is 2.57. The lowest BCUT2D eigenvalue weighted by Gasteiger charge is -2.29. The van der Waals surface area contributed by atoms with Gasteiger partial charge in [-0.3, -0.25) is 4.79 Å². The second-order valence-electron chi connectivity index (χ2n) is 7.57. The van der Waals surface area contributed by atoms with E-state index in [2.05, 4.69) is 13.8 Å². The molecule has 0 aromatic rings. The highest BCUT2D eigenvalue weighted by Crippen LogP contribution is 2.36. The lowest BCUT2D eigenvalue weighted by molar-refractivity contribution is -0.160. The maximum Gasteiger partial charge on any atom is 0.309 e. The fraction of sp³-hybridized carbons (Fsp3) is 0.941. The molecular formula is C17H32O4. The summed E-state index contributed by atoms with van der Waals surface area (Å²) in [5.41, 5.74) is -1.55. The van der Waals surface area contributed by atoms with E-state index in [-0.39, 0.29) is 24.6 Å². The van der Waals surface area contributed by atoms with Crippen molar-refractivity contribution >= 4 is 5.97 Å². The van der Waals surface area contributed by atoms with Crippen LogP contribution in [0.4, 0.5) is 0 Å². The van der Waals surface area contributed by atoms with E-state index in [1.54, 1.807) is 6.92 Å². The van der Waals surface area contributed by atoms with Crippen molar-refractivity contribution in [3.05, 3.63) is 0 Å². The van der Waals surface area contributed by atoms with Crippen LogP contribution in [0.25, 0.3) is 0 Å². The summed E-state index contributed by atoms with van der Waals surface area (Å²) in [6.45, 7) is 11.5. The van der Waals surface area contributed by atoms with Crippen molar-refractivity contribution in [2.75, 3.05) is 0 Å². The van der Waals surface area contributed by atoms with Crippen molar-refractivity contribution in [1.29, 1.82) is 0 Å². The van der Waals surface area contributed by atoms with E-state index >= 15 is 0 Å². The summed E-state index contributed by atoms with van der Waals surface area (Å²) in [5, 5.41) is 10.6. The molecule has 1 fully saturated rings. The van der Waals surface area contributed by atoms with Gasteiger partial charge in [0, 0.05) is 0 Å². The molecule has 21 heavy (non-hydrogen) atoms. The smallest absolute Gasteiger partial charge is 0.309 e. The number of hydrogen-bond donors (Lipinski definition) is 1. The molecule has 0 aliphatic carbocycles. The minimum absolute atomic E-state index is 0.0357. The van der Waals surface area contributed by atoms with Crippen LogP contribution in [0.2, 0.25) is 0 Å². The van der Waals surface area contributed by atoms with E-state index < -0.39 is 11.2 Å². The molecule has 0 aromatic carbocycles. The van der Waals surface area contributed by atoms with Crippen LogP contribution in [0.5, 0.6) is 0 Å². The number of rotatable bonds is 6. The van der Waals surface area contributed by atoms with Crippen LogP contribution in [-0.4, -0.2) is 34.5 Å². The number of esters is 1. The zero-order chi connectivity index (χ0) is 16.3. The van der Waals surface area contributed by atoms with E-state index in [1.807, 2.05) is 20.8 Å². The Morgan fingerprint density at radius 3 is 2.33 bits per heavy atom. The summed E-state index contributed by atoms with van der Waals surface area (Å²) < 4.78 is 11.3. The molecule has 0 spiro atoms. The van der Waals surface area contributed by atoms with Gasteiger partial charge in [-0.2, -0.15) is 0 Å². The molecule has 4 unspecified atom stereocenters. The third-order valence-electron chi connectivity index (χ3n) is 3.96. The van der Waals surface area contributed by atoms with Crippen LogP contribution in [0.1, 0.15) is 73.6 Å². The molecule has 0 saturated carbocycles. The Hall–Kier alpha value is -0.610. The molecule has 1 heterocycles. The van der Waals surface area contributed by atoms with Gasteiger partial charge >= 0.3 is 5.97 Å². The number of carbonyl (C=O) groups excluding carboxylic acids is 1. The summed E-state index contributed by atoms with van der Waals surface area (Å²) in [7, 11) is 0. The van der Waals surface area contributed by atoms with Gasteiger partial charge in [0.2, 0.25) is 0 Å². The Kier molecular flexibility index (Phi) is 6.23. The van der Waals surface area contributed by atoms with Crippen LogP contribution in [0.15, 0.2) is 0 Å². The van der Waals surface area contributed by atoms with Crippen LogP contribution in [0, 0.1) is 5.92 Å². The molecule has 1 saturated heterocycles. The predicted molar refractivity (Wildman–Crippen MR) is 83.1 cm³/mol. The lowest BCUT2D eigenvalue weighted by atomic mass is 9.84. The van der Waals surface area contributed by atoms with Crippen LogP contribution >= 0.6 is 0 Å². The highest BCUT2D eigenvalue weighted by atomic mass is 16.6. The molecule has 1 aliphatic rings. The molecule has 0 bridgehead atoms. The minimum atomic E-state index is -1.04. The monoisotopic (exact) mass is 300 g/mol. The van der Waals surface area contributed by atoms with Gasteiger partial charge in [0.05, 0.1) is 24.2 Å². The van der Waals surface area contributed by atoms with Gasteiger partial charge < -0.3 is 14.6 Å². The molecule has 124 valence electrons. The maximum atomic E-state index is 11.9. The van der Waals surface area contributed by atoms with E-state index in [4.69, 9.17) is 9.47 Å². The molecule has 4 atom stereocenters. The van der Waals surface area contributed by atoms with Gasteiger partial charge in [-0.15, -0.1) is 0 Å². The zero-order valence-electron chi connectivity index (χ0n) is 14.4. The van der Waals surface area contributed by atoms with Gasteiger partial charge in [0.1, 0.15) is 5.60 Å². The summed E-state index contributed by atoms with van der Waals surface area (Å²) in [4.78, 5) is 11.9. The molecular weight excluding hydrogens is 268 g/mol. The van der Waals surface area contributed by atoms with Crippen LogP contribution in [-0.2, 0) is 14.3 Å². The van der Waals surface area contributed by atoms with E-state index in [0.29, 0.717) is 12.3 Å². The normalized spacial score (nSPS) is 29.2. The summed E-state index contributed by atoms with van der Waals surface area (Å²) in [6, 6.07) is 0. The van der Waals surface area contributed by atoms with Gasteiger partial charge in [-0.1, -0.05) is 13.8 Å². The second kappa shape index (κ2) is 7.10. The van der Waals surface area contributed by atoms with Crippen molar-refractivity contribution in [3.8, 4) is 0 Å². The molecule has 1 rings (SSSR count). The van der Waals surface area contributed by atoms with E-state index in [0.717, 1.165) is 19.3 Å². The van der Waals surface area contributed by atoms with E-state index in [9.17, 15) is 9.90 Å². The van der Waals surface area contributed by atoms with Crippen molar-refractivity contribution in [3.63, 3.8) is 0 Å². The number of carbonyl (C=O) groups is 1. The fourth-order valence-electron chi connectivity index (χ4n) is 3.14. The Morgan fingerprint density at radius 2 is 1.86 bits per heavy atom. The van der Waals surface area contributed by atoms with E-state index in [1.165, 1.54) is 0 Å². The molecule has 4 nitrogen and oxygen atoms in total. The van der Waals surface area contributed by atoms with Crippen LogP contribution < -0.4 is 0 Å². The standard InChI is InChI=1S/C17H32O4/c1-7-13-9-12(14(8-2)20-13)10-17(6,19)11-15(18)21-16(3,4)5/h12-14,19H,7-11H2,1-6H3. The predicted octanol–water partition coefficient (Wildman–Crippen LogP) is 3.45. The maximum absolute atomic E-state index is 11.9. The summed E-state index contributed by atoms with van der Waals surface area (Å²) in [5.74, 6) is -0.0242. The Labute approximate surface area is 129 Å². The molecule has 4 heteroatoms. The fourth-order valence-corrected chi connectivity index (χ4v) is 3.14. The van der Waals surface area contributed by atoms with Crippen molar-refractivity contribution in [1.82, 2.24) is 0 Å². The number of aliphatic hydroxyl groups is 1. The largest absolute Gasteiger partial charge is 0.460 e. The highest BCUT2D eigenvalue weighted by Gasteiger charge is 2.38. The summed E-state index contributed by atoms with van der Waals surface area (Å²) in [6.07, 6.45) is 4.02. The molecule has 0 aromatic heterocycles. The number of ether oxygens (including phenoxy) is 2. The second-order valence-corrected chi connectivity index (χ2v) is 7.57. The van der Waals surface area contributed by atoms with Crippen molar-refractivity contribution in [2.45, 2.75) is 97.1 Å². The van der Waals surface area contributed by atoms with Gasteiger partial charge in [-0.05, 0) is 59.3 Å². The van der Waals surface area contributed by atoms with Crippen LogP contribution in [0.3, 0.4) is 0 Å². The first-order valence-corrected chi connectivity index (χ1v) is 8.16. The zero-order valence-corrected chi connectivity index (χ0v) is 14.4. The summed E-state index contributed by atoms with van der Waals surface area (Å²) >= 11 is 0. The number of hydrogen-bond acceptors (Lipinski definition) is 4. The first-order chi connectivity index (χ1) is 9.56.